The zero-order chi connectivity index (χ0) is 21.0. The summed E-state index contributed by atoms with van der Waals surface area (Å²) in [6, 6.07) is 9.06. The second kappa shape index (κ2) is 9.54. The summed E-state index contributed by atoms with van der Waals surface area (Å²) in [6.07, 6.45) is 9.16. The van der Waals surface area contributed by atoms with Crippen LogP contribution in [-0.2, 0) is 13.1 Å². The van der Waals surface area contributed by atoms with Crippen LogP contribution in [0.1, 0.15) is 36.8 Å². The number of ether oxygens (including phenoxy) is 1. The molecule has 2 aromatic rings. The average Bonchev–Trinajstić information content (AvgIpc) is 2.77. The molecule has 1 saturated heterocycles. The van der Waals surface area contributed by atoms with E-state index in [2.05, 4.69) is 49.8 Å². The second-order valence-corrected chi connectivity index (χ2v) is 9.25. The van der Waals surface area contributed by atoms with E-state index in [9.17, 15) is 0 Å². The van der Waals surface area contributed by atoms with Crippen molar-refractivity contribution in [2.45, 2.75) is 50.0 Å². The minimum Gasteiger partial charge on any atom is -0.497 e. The van der Waals surface area contributed by atoms with Gasteiger partial charge in [0.2, 0.25) is 0 Å². The van der Waals surface area contributed by atoms with Crippen LogP contribution in [0.5, 0.6) is 5.75 Å². The quantitative estimate of drug-likeness (QED) is 0.491. The lowest BCUT2D eigenvalue weighted by atomic mass is 9.61. The van der Waals surface area contributed by atoms with Gasteiger partial charge in [-0.1, -0.05) is 30.3 Å². The lowest BCUT2D eigenvalue weighted by Gasteiger charge is -2.54. The zero-order valence-corrected chi connectivity index (χ0v) is 19.1. The number of piperidine rings is 1. The van der Waals surface area contributed by atoms with E-state index >= 15 is 0 Å². The zero-order valence-electron chi connectivity index (χ0n) is 18.3. The lowest BCUT2D eigenvalue weighted by molar-refractivity contribution is -0.0172. The standard InChI is InChI=1S/C23H33N5OS/c1-24-21-18(14-26-22(27-21)30-3)13-25-20-9-12-28(16-23(20)10-4-11-23)15-17-5-7-19(29-2)8-6-17/h5-8,14,20,25H,4,9-13,15-16H2,1-3H3,(H,24,26,27). The van der Waals surface area contributed by atoms with Gasteiger partial charge in [-0.25, -0.2) is 9.97 Å². The average molecular weight is 428 g/mol. The van der Waals surface area contributed by atoms with Crippen LogP contribution >= 0.6 is 11.8 Å². The highest BCUT2D eigenvalue weighted by Crippen LogP contribution is 2.48. The Morgan fingerprint density at radius 3 is 2.70 bits per heavy atom. The highest BCUT2D eigenvalue weighted by atomic mass is 32.2. The van der Waals surface area contributed by atoms with Crippen molar-refractivity contribution in [3.05, 3.63) is 41.6 Å². The molecule has 0 amide bonds. The first-order chi connectivity index (χ1) is 14.7. The molecular formula is C23H33N5OS. The predicted octanol–water partition coefficient (Wildman–Crippen LogP) is 3.78. The number of nitrogens with one attached hydrogen (secondary N) is 2. The molecule has 2 heterocycles. The van der Waals surface area contributed by atoms with Gasteiger partial charge in [-0.15, -0.1) is 0 Å². The number of anilines is 1. The van der Waals surface area contributed by atoms with E-state index in [0.717, 1.165) is 41.9 Å². The second-order valence-electron chi connectivity index (χ2n) is 8.48. The Labute approximate surface area is 184 Å². The van der Waals surface area contributed by atoms with Crippen LogP contribution in [0, 0.1) is 5.41 Å². The first-order valence-corrected chi connectivity index (χ1v) is 12.0. The first kappa shape index (κ1) is 21.4. The molecule has 2 N–H and O–H groups in total. The summed E-state index contributed by atoms with van der Waals surface area (Å²) in [7, 11) is 3.65. The lowest BCUT2D eigenvalue weighted by Crippen LogP contribution is -2.59. The van der Waals surface area contributed by atoms with Crippen LogP contribution in [0.25, 0.3) is 0 Å². The smallest absolute Gasteiger partial charge is 0.189 e. The van der Waals surface area contributed by atoms with E-state index in [-0.39, 0.29) is 0 Å². The number of hydrogen-bond donors (Lipinski definition) is 2. The van der Waals surface area contributed by atoms with Crippen molar-refractivity contribution in [2.75, 3.05) is 38.8 Å². The number of hydrogen-bond acceptors (Lipinski definition) is 7. The van der Waals surface area contributed by atoms with Crippen molar-refractivity contribution in [3.63, 3.8) is 0 Å². The molecule has 0 bridgehead atoms. The monoisotopic (exact) mass is 427 g/mol. The fourth-order valence-electron chi connectivity index (χ4n) is 4.90. The normalized spacial score (nSPS) is 20.7. The Balaban J connectivity index is 1.38. The van der Waals surface area contributed by atoms with Crippen LogP contribution in [0.3, 0.4) is 0 Å². The van der Waals surface area contributed by atoms with Gasteiger partial charge in [-0.3, -0.25) is 4.90 Å². The number of methoxy groups -OCH3 is 1. The van der Waals surface area contributed by atoms with E-state index in [1.807, 2.05) is 19.5 Å². The van der Waals surface area contributed by atoms with Crippen LogP contribution < -0.4 is 15.4 Å². The molecule has 162 valence electrons. The van der Waals surface area contributed by atoms with Gasteiger partial charge in [-0.2, -0.15) is 0 Å². The SMILES string of the molecule is CNc1nc(SC)ncc1CNC1CCN(Cc2ccc(OC)cc2)CC12CCC2. The Morgan fingerprint density at radius 2 is 2.07 bits per heavy atom. The highest BCUT2D eigenvalue weighted by molar-refractivity contribution is 7.98. The van der Waals surface area contributed by atoms with Crippen molar-refractivity contribution in [1.82, 2.24) is 20.2 Å². The van der Waals surface area contributed by atoms with Crippen molar-refractivity contribution < 1.29 is 4.74 Å². The third-order valence-corrected chi connectivity index (χ3v) is 7.29. The summed E-state index contributed by atoms with van der Waals surface area (Å²) in [5, 5.41) is 7.91. The van der Waals surface area contributed by atoms with Crippen molar-refractivity contribution in [2.24, 2.45) is 5.41 Å². The maximum absolute atomic E-state index is 5.29. The fraction of sp³-hybridized carbons (Fsp3) is 0.565. The number of likely N-dealkylation sites (tertiary alicyclic amines) is 1. The largest absolute Gasteiger partial charge is 0.497 e. The van der Waals surface area contributed by atoms with Gasteiger partial charge in [-0.05, 0) is 48.6 Å². The molecule has 0 radical (unpaired) electrons. The van der Waals surface area contributed by atoms with Gasteiger partial charge in [0.15, 0.2) is 5.16 Å². The van der Waals surface area contributed by atoms with Crippen molar-refractivity contribution in [1.29, 1.82) is 0 Å². The number of thioether (sulfide) groups is 1. The Bertz CT molecular complexity index is 840. The summed E-state index contributed by atoms with van der Waals surface area (Å²) < 4.78 is 5.29. The molecule has 1 saturated carbocycles. The summed E-state index contributed by atoms with van der Waals surface area (Å²) in [5.74, 6) is 1.86. The van der Waals surface area contributed by atoms with E-state index in [4.69, 9.17) is 4.74 Å². The maximum atomic E-state index is 5.29. The maximum Gasteiger partial charge on any atom is 0.189 e. The Hall–Kier alpha value is -1.83. The van der Waals surface area contributed by atoms with Gasteiger partial charge < -0.3 is 15.4 Å². The third-order valence-electron chi connectivity index (χ3n) is 6.73. The molecule has 2 aliphatic rings. The number of nitrogens with zero attached hydrogens (tertiary/aromatic N) is 3. The van der Waals surface area contributed by atoms with Crippen molar-refractivity contribution >= 4 is 17.6 Å². The minimum atomic E-state index is 0.407. The summed E-state index contributed by atoms with van der Waals surface area (Å²) in [4.78, 5) is 11.7. The molecule has 1 aliphatic heterocycles. The topological polar surface area (TPSA) is 62.3 Å². The van der Waals surface area contributed by atoms with E-state index in [1.54, 1.807) is 18.9 Å². The van der Waals surface area contributed by atoms with E-state index in [1.165, 1.54) is 37.8 Å². The molecule has 6 nitrogen and oxygen atoms in total. The molecule has 7 heteroatoms. The van der Waals surface area contributed by atoms with Crippen molar-refractivity contribution in [3.8, 4) is 5.75 Å². The van der Waals surface area contributed by atoms with E-state index in [0.29, 0.717) is 11.5 Å². The number of rotatable bonds is 8. The summed E-state index contributed by atoms with van der Waals surface area (Å²) >= 11 is 1.57. The predicted molar refractivity (Wildman–Crippen MR) is 123 cm³/mol. The molecule has 1 aliphatic carbocycles. The molecule has 2 fully saturated rings. The molecular weight excluding hydrogens is 394 g/mol. The van der Waals surface area contributed by atoms with Crippen LogP contribution in [0.15, 0.2) is 35.6 Å². The third kappa shape index (κ3) is 4.58. The molecule has 1 spiro atoms. The van der Waals surface area contributed by atoms with Crippen LogP contribution in [-0.4, -0.2) is 54.4 Å². The molecule has 30 heavy (non-hydrogen) atoms. The first-order valence-electron chi connectivity index (χ1n) is 10.8. The highest BCUT2D eigenvalue weighted by Gasteiger charge is 2.47. The van der Waals surface area contributed by atoms with E-state index < -0.39 is 0 Å². The number of aromatic nitrogens is 2. The minimum absolute atomic E-state index is 0.407. The fourth-order valence-corrected chi connectivity index (χ4v) is 5.24. The molecule has 1 aromatic carbocycles. The Kier molecular flexibility index (Phi) is 6.80. The van der Waals surface area contributed by atoms with Crippen LogP contribution in [0.4, 0.5) is 5.82 Å². The van der Waals surface area contributed by atoms with Gasteiger partial charge >= 0.3 is 0 Å². The number of benzene rings is 1. The summed E-state index contributed by atoms with van der Waals surface area (Å²) in [5.41, 5.74) is 2.91. The van der Waals surface area contributed by atoms with Gasteiger partial charge in [0.25, 0.3) is 0 Å². The molecule has 4 rings (SSSR count). The molecule has 1 atom stereocenters. The van der Waals surface area contributed by atoms with Crippen LogP contribution in [0.2, 0.25) is 0 Å². The Morgan fingerprint density at radius 1 is 1.27 bits per heavy atom. The van der Waals surface area contributed by atoms with Gasteiger partial charge in [0.1, 0.15) is 11.6 Å². The molecule has 1 unspecified atom stereocenters. The molecule has 1 aromatic heterocycles. The van der Waals surface area contributed by atoms with Gasteiger partial charge in [0, 0.05) is 51.0 Å². The van der Waals surface area contributed by atoms with Gasteiger partial charge in [0.05, 0.1) is 7.11 Å². The summed E-state index contributed by atoms with van der Waals surface area (Å²) in [6.45, 7) is 4.14.